The van der Waals surface area contributed by atoms with Gasteiger partial charge in [-0.05, 0) is 62.1 Å². The van der Waals surface area contributed by atoms with E-state index in [1.54, 1.807) is 19.2 Å². The number of aldehydes is 1. The number of carbonyl (C=O) groups is 1. The first kappa shape index (κ1) is 20.8. The first-order valence-corrected chi connectivity index (χ1v) is 9.55. The third-order valence-electron chi connectivity index (χ3n) is 4.63. The average molecular weight is 370 g/mol. The summed E-state index contributed by atoms with van der Waals surface area (Å²) >= 11 is 0. The number of methoxy groups -OCH3 is 1. The molecule has 27 heavy (non-hydrogen) atoms. The summed E-state index contributed by atoms with van der Waals surface area (Å²) in [5, 5.41) is 0. The fraction of sp³-hybridized carbons (Fsp3) is 0.435. The SMILES string of the molecule is CCCCCCOc1c(OC)cc(C=O)cc1Oc1cc(C)cc(C)c1C. The van der Waals surface area contributed by atoms with Gasteiger partial charge in [-0.25, -0.2) is 0 Å². The number of ether oxygens (including phenoxy) is 3. The first-order valence-electron chi connectivity index (χ1n) is 9.55. The number of rotatable bonds is 10. The Morgan fingerprint density at radius 2 is 1.67 bits per heavy atom. The second kappa shape index (κ2) is 10.0. The molecule has 0 saturated heterocycles. The minimum absolute atomic E-state index is 0.488. The van der Waals surface area contributed by atoms with E-state index in [1.165, 1.54) is 12.8 Å². The molecule has 2 aromatic carbocycles. The lowest BCUT2D eigenvalue weighted by atomic mass is 10.1. The molecule has 0 heterocycles. The second-order valence-electron chi connectivity index (χ2n) is 6.88. The van der Waals surface area contributed by atoms with Crippen molar-refractivity contribution in [3.8, 4) is 23.0 Å². The van der Waals surface area contributed by atoms with E-state index in [0.717, 1.165) is 41.6 Å². The van der Waals surface area contributed by atoms with Gasteiger partial charge in [0.05, 0.1) is 13.7 Å². The largest absolute Gasteiger partial charge is 0.493 e. The van der Waals surface area contributed by atoms with Gasteiger partial charge in [-0.15, -0.1) is 0 Å². The zero-order valence-corrected chi connectivity index (χ0v) is 17.1. The smallest absolute Gasteiger partial charge is 0.204 e. The van der Waals surface area contributed by atoms with Crippen LogP contribution in [0.2, 0.25) is 0 Å². The highest BCUT2D eigenvalue weighted by atomic mass is 16.5. The summed E-state index contributed by atoms with van der Waals surface area (Å²) in [5.41, 5.74) is 3.83. The minimum Gasteiger partial charge on any atom is -0.493 e. The van der Waals surface area contributed by atoms with E-state index < -0.39 is 0 Å². The van der Waals surface area contributed by atoms with E-state index in [9.17, 15) is 4.79 Å². The third kappa shape index (κ3) is 5.49. The maximum atomic E-state index is 11.3. The number of carbonyl (C=O) groups excluding carboxylic acids is 1. The summed E-state index contributed by atoms with van der Waals surface area (Å²) in [4.78, 5) is 11.3. The van der Waals surface area contributed by atoms with Gasteiger partial charge in [0.2, 0.25) is 5.75 Å². The Morgan fingerprint density at radius 3 is 2.33 bits per heavy atom. The molecule has 4 nitrogen and oxygen atoms in total. The number of unbranched alkanes of at least 4 members (excludes halogenated alkanes) is 3. The van der Waals surface area contributed by atoms with Crippen LogP contribution >= 0.6 is 0 Å². The van der Waals surface area contributed by atoms with Crippen molar-refractivity contribution >= 4 is 6.29 Å². The van der Waals surface area contributed by atoms with Crippen LogP contribution in [0.15, 0.2) is 24.3 Å². The van der Waals surface area contributed by atoms with Crippen LogP contribution < -0.4 is 14.2 Å². The highest BCUT2D eigenvalue weighted by Gasteiger charge is 2.17. The summed E-state index contributed by atoms with van der Waals surface area (Å²) in [6.07, 6.45) is 5.24. The van der Waals surface area contributed by atoms with Crippen molar-refractivity contribution in [2.45, 2.75) is 53.4 Å². The van der Waals surface area contributed by atoms with E-state index in [0.29, 0.717) is 29.4 Å². The highest BCUT2D eigenvalue weighted by molar-refractivity contribution is 5.78. The van der Waals surface area contributed by atoms with Crippen LogP contribution in [-0.2, 0) is 0 Å². The molecule has 2 aromatic rings. The second-order valence-corrected chi connectivity index (χ2v) is 6.88. The maximum absolute atomic E-state index is 11.3. The quantitative estimate of drug-likeness (QED) is 0.370. The molecular weight excluding hydrogens is 340 g/mol. The fourth-order valence-electron chi connectivity index (χ4n) is 2.96. The Labute approximate surface area is 162 Å². The summed E-state index contributed by atoms with van der Waals surface area (Å²) in [6, 6.07) is 7.49. The predicted molar refractivity (Wildman–Crippen MR) is 109 cm³/mol. The standard InChI is InChI=1S/C23H30O4/c1-6-7-8-9-10-26-23-21(25-5)13-19(15-24)14-22(23)27-20-12-16(2)11-17(3)18(20)4/h11-15H,6-10H2,1-5H3. The van der Waals surface area contributed by atoms with Crippen molar-refractivity contribution in [1.29, 1.82) is 0 Å². The molecule has 0 amide bonds. The molecule has 0 unspecified atom stereocenters. The molecule has 0 radical (unpaired) electrons. The van der Waals surface area contributed by atoms with Crippen LogP contribution in [0.1, 0.15) is 59.7 Å². The molecule has 2 rings (SSSR count). The normalized spacial score (nSPS) is 10.6. The molecule has 0 aromatic heterocycles. The molecule has 4 heteroatoms. The molecule has 0 atom stereocenters. The Bertz CT molecular complexity index is 780. The van der Waals surface area contributed by atoms with Gasteiger partial charge in [0.1, 0.15) is 12.0 Å². The minimum atomic E-state index is 0.488. The van der Waals surface area contributed by atoms with E-state index in [1.807, 2.05) is 19.9 Å². The maximum Gasteiger partial charge on any atom is 0.204 e. The number of aryl methyl sites for hydroxylation is 2. The van der Waals surface area contributed by atoms with Crippen molar-refractivity contribution < 1.29 is 19.0 Å². The van der Waals surface area contributed by atoms with Crippen molar-refractivity contribution in [1.82, 2.24) is 0 Å². The molecule has 0 aliphatic rings. The number of benzene rings is 2. The van der Waals surface area contributed by atoms with Gasteiger partial charge in [0.25, 0.3) is 0 Å². The van der Waals surface area contributed by atoms with Gasteiger partial charge in [-0.2, -0.15) is 0 Å². The van der Waals surface area contributed by atoms with E-state index in [-0.39, 0.29) is 0 Å². The Kier molecular flexibility index (Phi) is 7.71. The van der Waals surface area contributed by atoms with E-state index >= 15 is 0 Å². The van der Waals surface area contributed by atoms with Gasteiger partial charge in [-0.1, -0.05) is 32.3 Å². The van der Waals surface area contributed by atoms with E-state index in [4.69, 9.17) is 14.2 Å². The fourth-order valence-corrected chi connectivity index (χ4v) is 2.96. The van der Waals surface area contributed by atoms with Gasteiger partial charge >= 0.3 is 0 Å². The van der Waals surface area contributed by atoms with Crippen molar-refractivity contribution in [3.63, 3.8) is 0 Å². The summed E-state index contributed by atoms with van der Waals surface area (Å²) in [5.74, 6) is 2.30. The molecule has 0 bridgehead atoms. The van der Waals surface area contributed by atoms with Crippen LogP contribution in [0.4, 0.5) is 0 Å². The molecule has 0 fully saturated rings. The van der Waals surface area contributed by atoms with Gasteiger partial charge in [-0.3, -0.25) is 4.79 Å². The van der Waals surface area contributed by atoms with Crippen molar-refractivity contribution in [3.05, 3.63) is 46.5 Å². The van der Waals surface area contributed by atoms with Crippen LogP contribution in [0.5, 0.6) is 23.0 Å². The number of hydrogen-bond donors (Lipinski definition) is 0. The Balaban J connectivity index is 2.36. The molecule has 0 saturated carbocycles. The lowest BCUT2D eigenvalue weighted by molar-refractivity contribution is 0.112. The molecular formula is C23H30O4. The molecule has 0 N–H and O–H groups in total. The van der Waals surface area contributed by atoms with Crippen LogP contribution in [0, 0.1) is 20.8 Å². The lowest BCUT2D eigenvalue weighted by Gasteiger charge is -2.18. The molecule has 0 aliphatic carbocycles. The van der Waals surface area contributed by atoms with Crippen LogP contribution in [-0.4, -0.2) is 20.0 Å². The van der Waals surface area contributed by atoms with Gasteiger partial charge in [0.15, 0.2) is 11.5 Å². The van der Waals surface area contributed by atoms with Crippen LogP contribution in [0.3, 0.4) is 0 Å². The predicted octanol–water partition coefficient (Wildman–Crippen LogP) is 6.18. The average Bonchev–Trinajstić information content (AvgIpc) is 2.65. The highest BCUT2D eigenvalue weighted by Crippen LogP contribution is 2.42. The van der Waals surface area contributed by atoms with Crippen molar-refractivity contribution in [2.24, 2.45) is 0 Å². The molecule has 146 valence electrons. The molecule has 0 spiro atoms. The van der Waals surface area contributed by atoms with E-state index in [2.05, 4.69) is 19.9 Å². The summed E-state index contributed by atoms with van der Waals surface area (Å²) in [7, 11) is 1.57. The Morgan fingerprint density at radius 1 is 0.926 bits per heavy atom. The lowest BCUT2D eigenvalue weighted by Crippen LogP contribution is -2.03. The Hall–Kier alpha value is -2.49. The van der Waals surface area contributed by atoms with Crippen LogP contribution in [0.25, 0.3) is 0 Å². The van der Waals surface area contributed by atoms with Gasteiger partial charge in [0, 0.05) is 5.56 Å². The van der Waals surface area contributed by atoms with Crippen molar-refractivity contribution in [2.75, 3.05) is 13.7 Å². The summed E-state index contributed by atoms with van der Waals surface area (Å²) < 4.78 is 17.7. The van der Waals surface area contributed by atoms with Gasteiger partial charge < -0.3 is 14.2 Å². The zero-order chi connectivity index (χ0) is 19.8. The molecule has 0 aliphatic heterocycles. The number of hydrogen-bond acceptors (Lipinski definition) is 4. The first-order chi connectivity index (χ1) is 13.0. The summed E-state index contributed by atoms with van der Waals surface area (Å²) in [6.45, 7) is 8.88. The topological polar surface area (TPSA) is 44.8 Å². The zero-order valence-electron chi connectivity index (χ0n) is 17.1. The monoisotopic (exact) mass is 370 g/mol. The third-order valence-corrected chi connectivity index (χ3v) is 4.63.